The van der Waals surface area contributed by atoms with Gasteiger partial charge in [-0.15, -0.1) is 10.2 Å². The Morgan fingerprint density at radius 3 is 2.53 bits per heavy atom. The third-order valence-electron chi connectivity index (χ3n) is 2.95. The van der Waals surface area contributed by atoms with Crippen LogP contribution >= 0.6 is 11.3 Å². The zero-order valence-corrected chi connectivity index (χ0v) is 12.3. The lowest BCUT2D eigenvalue weighted by molar-refractivity contribution is 0.601. The second-order valence-corrected chi connectivity index (χ2v) is 6.74. The lowest BCUT2D eigenvalue weighted by Gasteiger charge is -2.10. The van der Waals surface area contributed by atoms with Crippen LogP contribution in [-0.4, -0.2) is 18.6 Å². The molecule has 1 aromatic carbocycles. The Hall–Kier alpha value is -1.47. The van der Waals surface area contributed by atoms with Gasteiger partial charge in [-0.25, -0.2) is 8.42 Å². The molecule has 0 saturated carbocycles. The van der Waals surface area contributed by atoms with E-state index >= 15 is 0 Å². The second kappa shape index (κ2) is 5.66. The largest absolute Gasteiger partial charge is 0.263 e. The quantitative estimate of drug-likeness (QED) is 0.921. The summed E-state index contributed by atoms with van der Waals surface area (Å²) in [6.07, 6.45) is 1.02. The number of rotatable bonds is 5. The zero-order valence-electron chi connectivity index (χ0n) is 10.7. The predicted octanol–water partition coefficient (Wildman–Crippen LogP) is 2.85. The highest BCUT2D eigenvalue weighted by Crippen LogP contribution is 2.22. The lowest BCUT2D eigenvalue weighted by Crippen LogP contribution is -2.12. The molecule has 1 unspecified atom stereocenters. The van der Waals surface area contributed by atoms with E-state index in [4.69, 9.17) is 0 Å². The van der Waals surface area contributed by atoms with E-state index in [1.807, 2.05) is 12.1 Å². The van der Waals surface area contributed by atoms with Crippen LogP contribution < -0.4 is 4.72 Å². The van der Waals surface area contributed by atoms with Gasteiger partial charge < -0.3 is 0 Å². The summed E-state index contributed by atoms with van der Waals surface area (Å²) in [5.74, 6) is 0.424. The molecule has 0 aliphatic heterocycles. The number of nitrogens with one attached hydrogen (secondary N) is 1. The van der Waals surface area contributed by atoms with Gasteiger partial charge in [0.2, 0.25) is 5.13 Å². The minimum atomic E-state index is -3.57. The Morgan fingerprint density at radius 1 is 1.32 bits per heavy atom. The lowest BCUT2D eigenvalue weighted by atomic mass is 9.99. The van der Waals surface area contributed by atoms with Crippen molar-refractivity contribution >= 4 is 26.5 Å². The van der Waals surface area contributed by atoms with E-state index in [2.05, 4.69) is 28.8 Å². The summed E-state index contributed by atoms with van der Waals surface area (Å²) in [5.41, 5.74) is 2.61. The van der Waals surface area contributed by atoms with E-state index in [1.54, 1.807) is 12.1 Å². The molecular weight excluding hydrogens is 282 g/mol. The average molecular weight is 297 g/mol. The standard InChI is InChI=1S/C12H15N3O2S2/c1-3-9(2)10-4-6-11(7-5-10)19(16,17)15-12-14-13-8-18-12/h4-9H,3H2,1-2H3,(H,14,15). The van der Waals surface area contributed by atoms with Gasteiger partial charge >= 0.3 is 0 Å². The topological polar surface area (TPSA) is 72.0 Å². The molecular formula is C12H15N3O2S2. The van der Waals surface area contributed by atoms with Gasteiger partial charge in [0.1, 0.15) is 5.51 Å². The molecule has 0 fully saturated rings. The van der Waals surface area contributed by atoms with Gasteiger partial charge in [-0.05, 0) is 30.0 Å². The van der Waals surface area contributed by atoms with Crippen LogP contribution in [0.25, 0.3) is 0 Å². The van der Waals surface area contributed by atoms with Gasteiger partial charge in [-0.2, -0.15) is 0 Å². The molecule has 0 saturated heterocycles. The molecule has 0 spiro atoms. The first-order chi connectivity index (χ1) is 9.03. The molecule has 102 valence electrons. The fraction of sp³-hybridized carbons (Fsp3) is 0.333. The smallest absolute Gasteiger partial charge is 0.253 e. The first-order valence-electron chi connectivity index (χ1n) is 5.92. The summed E-state index contributed by atoms with van der Waals surface area (Å²) in [5, 5.41) is 7.52. The molecule has 1 N–H and O–H groups in total. The fourth-order valence-corrected chi connectivity index (χ4v) is 3.30. The minimum absolute atomic E-state index is 0.231. The van der Waals surface area contributed by atoms with Crippen LogP contribution in [0.1, 0.15) is 31.7 Å². The molecule has 2 aromatic rings. The first kappa shape index (κ1) is 14.0. The molecule has 0 aliphatic rings. The van der Waals surface area contributed by atoms with Gasteiger partial charge in [-0.3, -0.25) is 4.72 Å². The SMILES string of the molecule is CCC(C)c1ccc(S(=O)(=O)Nc2nncs2)cc1. The summed E-state index contributed by atoms with van der Waals surface area (Å²) in [4.78, 5) is 0.231. The molecule has 0 aliphatic carbocycles. The van der Waals surface area contributed by atoms with E-state index in [0.29, 0.717) is 5.92 Å². The Bertz CT molecular complexity index is 622. The van der Waals surface area contributed by atoms with Crippen LogP contribution in [0.4, 0.5) is 5.13 Å². The Labute approximate surface area is 116 Å². The minimum Gasteiger partial charge on any atom is -0.253 e. The molecule has 1 atom stereocenters. The van der Waals surface area contributed by atoms with Crippen molar-refractivity contribution in [2.24, 2.45) is 0 Å². The van der Waals surface area contributed by atoms with Crippen LogP contribution in [0.3, 0.4) is 0 Å². The van der Waals surface area contributed by atoms with Crippen LogP contribution in [0.2, 0.25) is 0 Å². The van der Waals surface area contributed by atoms with Crippen LogP contribution in [-0.2, 0) is 10.0 Å². The van der Waals surface area contributed by atoms with Crippen LogP contribution in [0.5, 0.6) is 0 Å². The van der Waals surface area contributed by atoms with Crippen molar-refractivity contribution in [2.75, 3.05) is 4.72 Å². The third-order valence-corrected chi connectivity index (χ3v) is 5.04. The van der Waals surface area contributed by atoms with Gasteiger partial charge in [0.05, 0.1) is 4.90 Å². The number of hydrogen-bond donors (Lipinski definition) is 1. The van der Waals surface area contributed by atoms with Crippen molar-refractivity contribution in [2.45, 2.75) is 31.1 Å². The van der Waals surface area contributed by atoms with Gasteiger partial charge in [0.15, 0.2) is 0 Å². The molecule has 7 heteroatoms. The summed E-state index contributed by atoms with van der Waals surface area (Å²) in [7, 11) is -3.57. The number of sulfonamides is 1. The van der Waals surface area contributed by atoms with Gasteiger partial charge in [0.25, 0.3) is 10.0 Å². The van der Waals surface area contributed by atoms with E-state index in [1.165, 1.54) is 5.51 Å². The third kappa shape index (κ3) is 3.30. The number of aromatic nitrogens is 2. The molecule has 19 heavy (non-hydrogen) atoms. The Morgan fingerprint density at radius 2 is 2.00 bits per heavy atom. The van der Waals surface area contributed by atoms with Crippen molar-refractivity contribution in [1.82, 2.24) is 10.2 Å². The highest BCUT2D eigenvalue weighted by molar-refractivity contribution is 7.93. The van der Waals surface area contributed by atoms with Crippen molar-refractivity contribution in [1.29, 1.82) is 0 Å². The zero-order chi connectivity index (χ0) is 13.9. The number of nitrogens with zero attached hydrogens (tertiary/aromatic N) is 2. The summed E-state index contributed by atoms with van der Waals surface area (Å²) >= 11 is 1.14. The van der Waals surface area contributed by atoms with Crippen molar-refractivity contribution in [3.05, 3.63) is 35.3 Å². The molecule has 1 aromatic heterocycles. The van der Waals surface area contributed by atoms with Crippen molar-refractivity contribution < 1.29 is 8.42 Å². The van der Waals surface area contributed by atoms with Crippen LogP contribution in [0.15, 0.2) is 34.7 Å². The van der Waals surface area contributed by atoms with Crippen LogP contribution in [0, 0.1) is 0 Å². The maximum Gasteiger partial charge on any atom is 0.263 e. The maximum absolute atomic E-state index is 12.1. The van der Waals surface area contributed by atoms with E-state index < -0.39 is 10.0 Å². The van der Waals surface area contributed by atoms with Crippen molar-refractivity contribution in [3.8, 4) is 0 Å². The normalized spacial score (nSPS) is 13.2. The first-order valence-corrected chi connectivity index (χ1v) is 8.28. The number of benzene rings is 1. The van der Waals surface area contributed by atoms with Gasteiger partial charge in [0, 0.05) is 0 Å². The highest BCUT2D eigenvalue weighted by atomic mass is 32.2. The summed E-state index contributed by atoms with van der Waals surface area (Å²) in [6, 6.07) is 6.93. The highest BCUT2D eigenvalue weighted by Gasteiger charge is 2.16. The molecule has 2 rings (SSSR count). The predicted molar refractivity (Wildman–Crippen MR) is 75.9 cm³/mol. The molecule has 1 heterocycles. The molecule has 0 bridgehead atoms. The van der Waals surface area contributed by atoms with E-state index in [-0.39, 0.29) is 10.0 Å². The Kier molecular flexibility index (Phi) is 4.16. The van der Waals surface area contributed by atoms with Gasteiger partial charge in [-0.1, -0.05) is 37.3 Å². The Balaban J connectivity index is 2.21. The fourth-order valence-electron chi connectivity index (χ4n) is 1.60. The second-order valence-electron chi connectivity index (χ2n) is 4.23. The number of anilines is 1. The van der Waals surface area contributed by atoms with Crippen molar-refractivity contribution in [3.63, 3.8) is 0 Å². The molecule has 0 amide bonds. The number of hydrogen-bond acceptors (Lipinski definition) is 5. The maximum atomic E-state index is 12.1. The summed E-state index contributed by atoms with van der Waals surface area (Å²) < 4.78 is 26.6. The monoisotopic (exact) mass is 297 g/mol. The molecule has 0 radical (unpaired) electrons. The van der Waals surface area contributed by atoms with E-state index in [9.17, 15) is 8.42 Å². The molecule has 5 nitrogen and oxygen atoms in total. The van der Waals surface area contributed by atoms with E-state index in [0.717, 1.165) is 23.3 Å². The summed E-state index contributed by atoms with van der Waals surface area (Å²) in [6.45, 7) is 4.22. The average Bonchev–Trinajstić information content (AvgIpc) is 2.90.